The molecule has 0 heterocycles. The molecule has 0 aliphatic heterocycles. The zero-order valence-electron chi connectivity index (χ0n) is 13.5. The summed E-state index contributed by atoms with van der Waals surface area (Å²) in [4.78, 5) is 24.8. The largest absolute Gasteiger partial charge is 0.273 e. The lowest BCUT2D eigenvalue weighted by atomic mass is 10.1. The Kier molecular flexibility index (Phi) is 6.37. The van der Waals surface area contributed by atoms with Crippen molar-refractivity contribution in [2.75, 3.05) is 0 Å². The summed E-state index contributed by atoms with van der Waals surface area (Å²) < 4.78 is 12.8. The van der Waals surface area contributed by atoms with Gasteiger partial charge in [-0.1, -0.05) is 29.8 Å². The molecule has 6 heteroatoms. The van der Waals surface area contributed by atoms with Gasteiger partial charge in [-0.3, -0.25) is 20.4 Å². The number of rotatable bonds is 5. The summed E-state index contributed by atoms with van der Waals surface area (Å²) in [6.45, 7) is 3.77. The Morgan fingerprint density at radius 2 is 1.67 bits per heavy atom. The Bertz CT molecular complexity index is 702. The van der Waals surface area contributed by atoms with E-state index in [4.69, 9.17) is 0 Å². The minimum atomic E-state index is -0.359. The van der Waals surface area contributed by atoms with Gasteiger partial charge < -0.3 is 0 Å². The van der Waals surface area contributed by atoms with Gasteiger partial charge in [0.05, 0.1) is 11.7 Å². The average Bonchev–Trinajstić information content (AvgIpc) is 2.57. The van der Waals surface area contributed by atoms with Crippen molar-refractivity contribution < 1.29 is 14.0 Å². The first-order valence-corrected chi connectivity index (χ1v) is 8.38. The lowest BCUT2D eigenvalue weighted by Crippen LogP contribution is -2.45. The van der Waals surface area contributed by atoms with Gasteiger partial charge in [0.2, 0.25) is 5.91 Å². The number of benzene rings is 2. The van der Waals surface area contributed by atoms with Crippen LogP contribution in [0.2, 0.25) is 0 Å². The molecule has 0 radical (unpaired) electrons. The van der Waals surface area contributed by atoms with Gasteiger partial charge in [0.25, 0.3) is 5.91 Å². The summed E-state index contributed by atoms with van der Waals surface area (Å²) in [6, 6.07) is 13.5. The number of nitrogens with one attached hydrogen (secondary N) is 2. The van der Waals surface area contributed by atoms with Crippen LogP contribution in [0.4, 0.5) is 4.39 Å². The van der Waals surface area contributed by atoms with Crippen molar-refractivity contribution in [1.29, 1.82) is 0 Å². The molecule has 2 aromatic carbocycles. The molecule has 126 valence electrons. The number of hydrogen-bond donors (Lipinski definition) is 2. The number of aryl methyl sites for hydroxylation is 1. The standard InChI is InChI=1S/C18H19FN2O2S/c1-12-3-9-16(10-4-12)24-13(2)18(23)21-20-17(22)11-14-5-7-15(19)8-6-14/h3-10,13H,11H2,1-2H3,(H,20,22)(H,21,23)/t13-/m1/s1. The van der Waals surface area contributed by atoms with Crippen LogP contribution < -0.4 is 10.9 Å². The maximum absolute atomic E-state index is 12.8. The molecule has 0 spiro atoms. The third-order valence-corrected chi connectivity index (χ3v) is 4.42. The second kappa shape index (κ2) is 8.49. The van der Waals surface area contributed by atoms with E-state index in [2.05, 4.69) is 10.9 Å². The van der Waals surface area contributed by atoms with Gasteiger partial charge in [-0.25, -0.2) is 4.39 Å². The fourth-order valence-electron chi connectivity index (χ4n) is 1.94. The van der Waals surface area contributed by atoms with E-state index in [-0.39, 0.29) is 29.3 Å². The van der Waals surface area contributed by atoms with Crippen LogP contribution in [-0.4, -0.2) is 17.1 Å². The number of halogens is 1. The maximum Gasteiger partial charge on any atom is 0.251 e. The molecule has 0 aliphatic carbocycles. The molecule has 0 fully saturated rings. The third kappa shape index (κ3) is 5.70. The zero-order chi connectivity index (χ0) is 17.5. The number of amides is 2. The molecule has 0 unspecified atom stereocenters. The molecule has 2 N–H and O–H groups in total. The number of carbonyl (C=O) groups excluding carboxylic acids is 2. The second-order valence-corrected chi connectivity index (χ2v) is 6.83. The summed E-state index contributed by atoms with van der Waals surface area (Å²) in [5.74, 6) is -0.995. The first-order chi connectivity index (χ1) is 11.4. The van der Waals surface area contributed by atoms with Gasteiger partial charge in [-0.15, -0.1) is 11.8 Å². The fraction of sp³-hybridized carbons (Fsp3) is 0.222. The van der Waals surface area contributed by atoms with E-state index in [0.717, 1.165) is 10.5 Å². The third-order valence-electron chi connectivity index (χ3n) is 3.31. The molecule has 0 aliphatic rings. The van der Waals surface area contributed by atoms with Crippen LogP contribution in [-0.2, 0) is 16.0 Å². The van der Waals surface area contributed by atoms with Crippen molar-refractivity contribution in [3.05, 3.63) is 65.5 Å². The molecule has 0 saturated carbocycles. The molecule has 2 amide bonds. The van der Waals surface area contributed by atoms with Crippen molar-refractivity contribution in [3.8, 4) is 0 Å². The highest BCUT2D eigenvalue weighted by Gasteiger charge is 2.15. The number of carbonyl (C=O) groups is 2. The van der Waals surface area contributed by atoms with Crippen LogP contribution in [0.15, 0.2) is 53.4 Å². The summed E-state index contributed by atoms with van der Waals surface area (Å²) in [5.41, 5.74) is 6.62. The Morgan fingerprint density at radius 1 is 1.04 bits per heavy atom. The van der Waals surface area contributed by atoms with E-state index >= 15 is 0 Å². The molecular weight excluding hydrogens is 327 g/mol. The van der Waals surface area contributed by atoms with Crippen LogP contribution in [0.1, 0.15) is 18.1 Å². The van der Waals surface area contributed by atoms with Gasteiger partial charge >= 0.3 is 0 Å². The van der Waals surface area contributed by atoms with Gasteiger partial charge in [0.15, 0.2) is 0 Å². The Labute approximate surface area is 144 Å². The van der Waals surface area contributed by atoms with Crippen LogP contribution in [0.25, 0.3) is 0 Å². The summed E-state index contributed by atoms with van der Waals surface area (Å²) in [5, 5.41) is -0.348. The maximum atomic E-state index is 12.8. The van der Waals surface area contributed by atoms with Crippen molar-refractivity contribution in [1.82, 2.24) is 10.9 Å². The van der Waals surface area contributed by atoms with Crippen molar-refractivity contribution in [2.45, 2.75) is 30.4 Å². The SMILES string of the molecule is Cc1ccc(S[C@H](C)C(=O)NNC(=O)Cc2ccc(F)cc2)cc1. The molecule has 0 saturated heterocycles. The topological polar surface area (TPSA) is 58.2 Å². The highest BCUT2D eigenvalue weighted by atomic mass is 32.2. The van der Waals surface area contributed by atoms with Gasteiger partial charge in [-0.05, 0) is 43.7 Å². The molecule has 0 aromatic heterocycles. The highest BCUT2D eigenvalue weighted by Crippen LogP contribution is 2.23. The summed E-state index contributed by atoms with van der Waals surface area (Å²) in [7, 11) is 0. The predicted octanol–water partition coefficient (Wildman–Crippen LogP) is 3.00. The van der Waals surface area contributed by atoms with Gasteiger partial charge in [0, 0.05) is 4.90 Å². The molecule has 2 aromatic rings. The van der Waals surface area contributed by atoms with E-state index in [1.54, 1.807) is 6.92 Å². The quantitative estimate of drug-likeness (QED) is 0.646. The molecule has 1 atom stereocenters. The van der Waals surface area contributed by atoms with Crippen molar-refractivity contribution >= 4 is 23.6 Å². The minimum Gasteiger partial charge on any atom is -0.273 e. The molecular formula is C18H19FN2O2S. The Morgan fingerprint density at radius 3 is 2.29 bits per heavy atom. The average molecular weight is 346 g/mol. The lowest BCUT2D eigenvalue weighted by molar-refractivity contribution is -0.128. The Balaban J connectivity index is 1.77. The second-order valence-electron chi connectivity index (χ2n) is 5.41. The van der Waals surface area contributed by atoms with E-state index in [0.29, 0.717) is 5.56 Å². The van der Waals surface area contributed by atoms with Crippen molar-refractivity contribution in [3.63, 3.8) is 0 Å². The smallest absolute Gasteiger partial charge is 0.251 e. The summed E-state index contributed by atoms with van der Waals surface area (Å²) in [6.07, 6.45) is 0.0695. The molecule has 4 nitrogen and oxygen atoms in total. The first-order valence-electron chi connectivity index (χ1n) is 7.50. The van der Waals surface area contributed by atoms with E-state index in [1.165, 1.54) is 36.0 Å². The van der Waals surface area contributed by atoms with Crippen LogP contribution in [0, 0.1) is 12.7 Å². The van der Waals surface area contributed by atoms with Gasteiger partial charge in [-0.2, -0.15) is 0 Å². The van der Waals surface area contributed by atoms with Crippen LogP contribution in [0.5, 0.6) is 0 Å². The number of hydrogen-bond acceptors (Lipinski definition) is 3. The number of hydrazine groups is 1. The van der Waals surface area contributed by atoms with Crippen LogP contribution >= 0.6 is 11.8 Å². The van der Waals surface area contributed by atoms with Crippen LogP contribution in [0.3, 0.4) is 0 Å². The van der Waals surface area contributed by atoms with Crippen molar-refractivity contribution in [2.24, 2.45) is 0 Å². The monoisotopic (exact) mass is 346 g/mol. The first kappa shape index (κ1) is 18.0. The molecule has 0 bridgehead atoms. The van der Waals surface area contributed by atoms with E-state index < -0.39 is 0 Å². The Hall–Kier alpha value is -2.34. The minimum absolute atomic E-state index is 0.0695. The molecule has 24 heavy (non-hydrogen) atoms. The zero-order valence-corrected chi connectivity index (χ0v) is 14.3. The van der Waals surface area contributed by atoms with Gasteiger partial charge in [0.1, 0.15) is 5.82 Å². The van der Waals surface area contributed by atoms with E-state index in [9.17, 15) is 14.0 Å². The molecule has 2 rings (SSSR count). The number of thioether (sulfide) groups is 1. The normalized spacial score (nSPS) is 11.6. The fourth-order valence-corrected chi connectivity index (χ4v) is 2.81. The highest BCUT2D eigenvalue weighted by molar-refractivity contribution is 8.00. The van der Waals surface area contributed by atoms with E-state index in [1.807, 2.05) is 31.2 Å². The lowest BCUT2D eigenvalue weighted by Gasteiger charge is -2.13. The summed E-state index contributed by atoms with van der Waals surface area (Å²) >= 11 is 1.41. The predicted molar refractivity (Wildman–Crippen MR) is 92.9 cm³/mol.